The maximum atomic E-state index is 11.1. The van der Waals surface area contributed by atoms with Crippen LogP contribution in [0, 0.1) is 0 Å². The Morgan fingerprint density at radius 1 is 1.43 bits per heavy atom. The van der Waals surface area contributed by atoms with Crippen molar-refractivity contribution in [2.75, 3.05) is 14.2 Å². The molecule has 0 aliphatic heterocycles. The molecule has 14 heavy (non-hydrogen) atoms. The molecule has 0 amide bonds. The largest absolute Gasteiger partial charge is 0.497 e. The predicted octanol–water partition coefficient (Wildman–Crippen LogP) is 0.868. The standard InChI is InChI=1S/C10H13NO3/c1-13-8-5-3-4-7(6-8)9(11)10(12)14-2/h3-6,9H,11H2,1-2H3/t9-/m1/s1. The molecule has 0 saturated heterocycles. The summed E-state index contributed by atoms with van der Waals surface area (Å²) >= 11 is 0. The smallest absolute Gasteiger partial charge is 0.327 e. The third-order valence-electron chi connectivity index (χ3n) is 1.91. The molecule has 4 heteroatoms. The van der Waals surface area contributed by atoms with Gasteiger partial charge in [0.05, 0.1) is 14.2 Å². The van der Waals surface area contributed by atoms with Gasteiger partial charge in [0.1, 0.15) is 11.8 Å². The first-order chi connectivity index (χ1) is 6.69. The second kappa shape index (κ2) is 4.62. The fourth-order valence-corrected chi connectivity index (χ4v) is 1.10. The molecule has 0 radical (unpaired) electrons. The average Bonchev–Trinajstić information content (AvgIpc) is 2.27. The van der Waals surface area contributed by atoms with Crippen LogP contribution in [0.4, 0.5) is 0 Å². The lowest BCUT2D eigenvalue weighted by Crippen LogP contribution is -2.22. The van der Waals surface area contributed by atoms with Gasteiger partial charge in [0.15, 0.2) is 0 Å². The monoisotopic (exact) mass is 195 g/mol. The summed E-state index contributed by atoms with van der Waals surface area (Å²) in [7, 11) is 2.87. The van der Waals surface area contributed by atoms with Crippen LogP contribution >= 0.6 is 0 Å². The molecule has 1 rings (SSSR count). The van der Waals surface area contributed by atoms with Crippen LogP contribution in [0.5, 0.6) is 5.75 Å². The first-order valence-electron chi connectivity index (χ1n) is 4.16. The molecule has 0 heterocycles. The van der Waals surface area contributed by atoms with E-state index in [1.165, 1.54) is 7.11 Å². The number of methoxy groups -OCH3 is 2. The van der Waals surface area contributed by atoms with Crippen molar-refractivity contribution < 1.29 is 14.3 Å². The highest BCUT2D eigenvalue weighted by Crippen LogP contribution is 2.18. The van der Waals surface area contributed by atoms with Crippen molar-refractivity contribution in [3.63, 3.8) is 0 Å². The molecule has 0 saturated carbocycles. The number of rotatable bonds is 3. The van der Waals surface area contributed by atoms with Crippen molar-refractivity contribution in [3.8, 4) is 5.75 Å². The Morgan fingerprint density at radius 3 is 2.71 bits per heavy atom. The number of nitrogens with two attached hydrogens (primary N) is 1. The first-order valence-corrected chi connectivity index (χ1v) is 4.16. The third-order valence-corrected chi connectivity index (χ3v) is 1.91. The molecule has 0 bridgehead atoms. The molecule has 4 nitrogen and oxygen atoms in total. The number of benzene rings is 1. The molecular formula is C10H13NO3. The van der Waals surface area contributed by atoms with Crippen LogP contribution in [0.25, 0.3) is 0 Å². The van der Waals surface area contributed by atoms with E-state index in [1.807, 2.05) is 0 Å². The predicted molar refractivity (Wildman–Crippen MR) is 51.9 cm³/mol. The van der Waals surface area contributed by atoms with Crippen LogP contribution < -0.4 is 10.5 Å². The quantitative estimate of drug-likeness (QED) is 0.727. The molecular weight excluding hydrogens is 182 g/mol. The summed E-state index contributed by atoms with van der Waals surface area (Å²) in [6.07, 6.45) is 0. The summed E-state index contributed by atoms with van der Waals surface area (Å²) in [6.45, 7) is 0. The minimum atomic E-state index is -0.755. The summed E-state index contributed by atoms with van der Waals surface area (Å²) < 4.78 is 9.55. The number of esters is 1. The Hall–Kier alpha value is -1.55. The Labute approximate surface area is 82.6 Å². The van der Waals surface area contributed by atoms with Crippen molar-refractivity contribution in [1.29, 1.82) is 0 Å². The van der Waals surface area contributed by atoms with Crippen molar-refractivity contribution in [1.82, 2.24) is 0 Å². The molecule has 1 atom stereocenters. The summed E-state index contributed by atoms with van der Waals surface area (Å²) in [5.41, 5.74) is 6.32. The van der Waals surface area contributed by atoms with Gasteiger partial charge in [-0.15, -0.1) is 0 Å². The molecule has 0 aliphatic rings. The molecule has 1 aromatic rings. The Bertz CT molecular complexity index is 325. The van der Waals surface area contributed by atoms with Gasteiger partial charge in [0.25, 0.3) is 0 Å². The van der Waals surface area contributed by atoms with Crippen LogP contribution in [-0.4, -0.2) is 20.2 Å². The zero-order chi connectivity index (χ0) is 10.6. The van der Waals surface area contributed by atoms with Gasteiger partial charge in [-0.3, -0.25) is 4.79 Å². The SMILES string of the molecule is COC(=O)[C@H](N)c1cccc(OC)c1. The van der Waals surface area contributed by atoms with Gasteiger partial charge < -0.3 is 15.2 Å². The molecule has 0 fully saturated rings. The van der Waals surface area contributed by atoms with Crippen LogP contribution in [0.1, 0.15) is 11.6 Å². The zero-order valence-electron chi connectivity index (χ0n) is 8.19. The van der Waals surface area contributed by atoms with Crippen molar-refractivity contribution >= 4 is 5.97 Å². The number of carbonyl (C=O) groups is 1. The maximum absolute atomic E-state index is 11.1. The van der Waals surface area contributed by atoms with Crippen molar-refractivity contribution in [2.24, 2.45) is 5.73 Å². The van der Waals surface area contributed by atoms with Crippen LogP contribution in [0.3, 0.4) is 0 Å². The van der Waals surface area contributed by atoms with Gasteiger partial charge >= 0.3 is 5.97 Å². The fourth-order valence-electron chi connectivity index (χ4n) is 1.10. The van der Waals surface area contributed by atoms with Gasteiger partial charge in [-0.25, -0.2) is 0 Å². The normalized spacial score (nSPS) is 11.9. The number of ether oxygens (including phenoxy) is 2. The van der Waals surface area contributed by atoms with E-state index in [0.717, 1.165) is 0 Å². The Morgan fingerprint density at radius 2 is 2.14 bits per heavy atom. The lowest BCUT2D eigenvalue weighted by molar-refractivity contribution is -0.142. The summed E-state index contributed by atoms with van der Waals surface area (Å²) in [5.74, 6) is 0.208. The molecule has 0 unspecified atom stereocenters. The summed E-state index contributed by atoms with van der Waals surface area (Å²) in [6, 6.07) is 6.27. The molecule has 2 N–H and O–H groups in total. The third kappa shape index (κ3) is 2.23. The topological polar surface area (TPSA) is 61.5 Å². The van der Waals surface area contributed by atoms with Crippen LogP contribution in [0.15, 0.2) is 24.3 Å². The minimum absolute atomic E-state index is 0.460. The summed E-state index contributed by atoms with van der Waals surface area (Å²) in [5, 5.41) is 0. The van der Waals surface area contributed by atoms with E-state index >= 15 is 0 Å². The van der Waals surface area contributed by atoms with E-state index in [2.05, 4.69) is 4.74 Å². The van der Waals surface area contributed by atoms with Gasteiger partial charge in [0.2, 0.25) is 0 Å². The number of hydrogen-bond acceptors (Lipinski definition) is 4. The molecule has 1 aromatic carbocycles. The van der Waals surface area contributed by atoms with Crippen molar-refractivity contribution in [2.45, 2.75) is 6.04 Å². The van der Waals surface area contributed by atoms with E-state index in [0.29, 0.717) is 11.3 Å². The van der Waals surface area contributed by atoms with Gasteiger partial charge in [0, 0.05) is 0 Å². The van der Waals surface area contributed by atoms with E-state index in [-0.39, 0.29) is 0 Å². The van der Waals surface area contributed by atoms with Gasteiger partial charge in [-0.05, 0) is 17.7 Å². The lowest BCUT2D eigenvalue weighted by atomic mass is 10.1. The number of hydrogen-bond donors (Lipinski definition) is 1. The minimum Gasteiger partial charge on any atom is -0.497 e. The molecule has 0 aliphatic carbocycles. The van der Waals surface area contributed by atoms with Crippen molar-refractivity contribution in [3.05, 3.63) is 29.8 Å². The van der Waals surface area contributed by atoms with E-state index < -0.39 is 12.0 Å². The van der Waals surface area contributed by atoms with Gasteiger partial charge in [-0.1, -0.05) is 12.1 Å². The maximum Gasteiger partial charge on any atom is 0.327 e. The first kappa shape index (κ1) is 10.5. The number of carbonyl (C=O) groups excluding carboxylic acids is 1. The van der Waals surface area contributed by atoms with Crippen LogP contribution in [0.2, 0.25) is 0 Å². The second-order valence-electron chi connectivity index (χ2n) is 2.78. The van der Waals surface area contributed by atoms with Crippen LogP contribution in [-0.2, 0) is 9.53 Å². The van der Waals surface area contributed by atoms with Gasteiger partial charge in [-0.2, -0.15) is 0 Å². The van der Waals surface area contributed by atoms with E-state index in [4.69, 9.17) is 10.5 Å². The second-order valence-corrected chi connectivity index (χ2v) is 2.78. The lowest BCUT2D eigenvalue weighted by Gasteiger charge is -2.10. The highest BCUT2D eigenvalue weighted by Gasteiger charge is 2.16. The van der Waals surface area contributed by atoms with E-state index in [9.17, 15) is 4.79 Å². The highest BCUT2D eigenvalue weighted by molar-refractivity contribution is 5.77. The van der Waals surface area contributed by atoms with E-state index in [1.54, 1.807) is 31.4 Å². The highest BCUT2D eigenvalue weighted by atomic mass is 16.5. The molecule has 0 aromatic heterocycles. The molecule has 0 spiro atoms. The Kier molecular flexibility index (Phi) is 3.48. The average molecular weight is 195 g/mol. The zero-order valence-corrected chi connectivity index (χ0v) is 8.19. The fraction of sp³-hybridized carbons (Fsp3) is 0.300. The Balaban J connectivity index is 2.89. The molecule has 76 valence electrons. The summed E-state index contributed by atoms with van der Waals surface area (Å²) in [4.78, 5) is 11.1.